The first-order chi connectivity index (χ1) is 7.70. The summed E-state index contributed by atoms with van der Waals surface area (Å²) in [6.45, 7) is 2.95. The molecule has 0 N–H and O–H groups in total. The molecule has 1 unspecified atom stereocenters. The minimum Gasteiger partial charge on any atom is -0.382 e. The van der Waals surface area contributed by atoms with Crippen molar-refractivity contribution in [2.45, 2.75) is 25.6 Å². The van der Waals surface area contributed by atoms with E-state index in [1.165, 1.54) is 0 Å². The number of alkyl halides is 2. The monoisotopic (exact) mass is 252 g/mol. The van der Waals surface area contributed by atoms with Gasteiger partial charge in [-0.3, -0.25) is 0 Å². The highest BCUT2D eigenvalue weighted by Crippen LogP contribution is 1.99. The van der Waals surface area contributed by atoms with Gasteiger partial charge in [0, 0.05) is 13.5 Å². The number of ether oxygens (including phenoxy) is 3. The fraction of sp³-hybridized carbons (Fsp3) is 0.818. The van der Waals surface area contributed by atoms with Crippen LogP contribution >= 0.6 is 11.6 Å². The summed E-state index contributed by atoms with van der Waals surface area (Å²) in [5, 5.41) is 0. The molecule has 0 bridgehead atoms. The summed E-state index contributed by atoms with van der Waals surface area (Å²) in [5.74, 6) is 5.41. The molecule has 0 aromatic carbocycles. The van der Waals surface area contributed by atoms with Gasteiger partial charge in [0.1, 0.15) is 19.1 Å². The van der Waals surface area contributed by atoms with Crippen molar-refractivity contribution in [1.29, 1.82) is 0 Å². The van der Waals surface area contributed by atoms with Gasteiger partial charge in [-0.05, 0) is 6.92 Å². The number of halogens is 2. The molecule has 2 atom stereocenters. The molecule has 0 fully saturated rings. The molecule has 16 heavy (non-hydrogen) atoms. The first-order valence-corrected chi connectivity index (χ1v) is 5.60. The number of methoxy groups -OCH3 is 1. The molecule has 0 spiro atoms. The maximum atomic E-state index is 12.7. The third-order valence-corrected chi connectivity index (χ3v) is 1.96. The summed E-state index contributed by atoms with van der Waals surface area (Å²) >= 11 is 5.29. The van der Waals surface area contributed by atoms with Crippen LogP contribution in [-0.2, 0) is 14.2 Å². The second-order valence-electron chi connectivity index (χ2n) is 3.10. The van der Waals surface area contributed by atoms with Gasteiger partial charge < -0.3 is 14.2 Å². The van der Waals surface area contributed by atoms with Crippen LogP contribution < -0.4 is 0 Å². The maximum Gasteiger partial charge on any atom is 0.148 e. The summed E-state index contributed by atoms with van der Waals surface area (Å²) in [7, 11) is 1.60. The topological polar surface area (TPSA) is 27.7 Å². The van der Waals surface area contributed by atoms with Gasteiger partial charge in [0.15, 0.2) is 0 Å². The van der Waals surface area contributed by atoms with Crippen molar-refractivity contribution in [3.05, 3.63) is 0 Å². The van der Waals surface area contributed by atoms with Crippen molar-refractivity contribution in [1.82, 2.24) is 0 Å². The van der Waals surface area contributed by atoms with Crippen molar-refractivity contribution in [3.8, 4) is 11.8 Å². The number of rotatable bonds is 8. The molecular formula is C11H18ClFO3. The first kappa shape index (κ1) is 15.7. The Hall–Kier alpha value is -0.340. The van der Waals surface area contributed by atoms with Gasteiger partial charge in [-0.15, -0.1) is 11.6 Å². The Morgan fingerprint density at radius 2 is 2.12 bits per heavy atom. The van der Waals surface area contributed by atoms with Crippen LogP contribution in [0.15, 0.2) is 0 Å². The Kier molecular flexibility index (Phi) is 10.9. The Balaban J connectivity index is 3.46. The third-order valence-electron chi connectivity index (χ3n) is 1.63. The van der Waals surface area contributed by atoms with E-state index < -0.39 is 6.17 Å². The van der Waals surface area contributed by atoms with Gasteiger partial charge in [0.25, 0.3) is 0 Å². The number of hydrogen-bond donors (Lipinski definition) is 0. The lowest BCUT2D eigenvalue weighted by atomic mass is 10.3. The average Bonchev–Trinajstić information content (AvgIpc) is 2.28. The molecule has 0 saturated heterocycles. The molecule has 3 nitrogen and oxygen atoms in total. The summed E-state index contributed by atoms with van der Waals surface area (Å²) in [6, 6.07) is 0. The van der Waals surface area contributed by atoms with Gasteiger partial charge in [-0.25, -0.2) is 4.39 Å². The van der Waals surface area contributed by atoms with Crippen LogP contribution in [0.5, 0.6) is 0 Å². The van der Waals surface area contributed by atoms with Crippen molar-refractivity contribution >= 4 is 11.6 Å². The molecule has 0 amide bonds. The smallest absolute Gasteiger partial charge is 0.148 e. The van der Waals surface area contributed by atoms with Crippen LogP contribution in [-0.4, -0.2) is 45.3 Å². The molecule has 0 aliphatic rings. The molecule has 94 valence electrons. The third kappa shape index (κ3) is 10.2. The molecule has 0 saturated carbocycles. The molecule has 0 aromatic heterocycles. The second-order valence-corrected chi connectivity index (χ2v) is 3.41. The molecule has 0 rings (SSSR count). The molecule has 0 heterocycles. The van der Waals surface area contributed by atoms with Crippen molar-refractivity contribution < 1.29 is 18.6 Å². The number of hydrogen-bond acceptors (Lipinski definition) is 3. The summed E-state index contributed by atoms with van der Waals surface area (Å²) in [6.07, 6.45) is -1.20. The zero-order valence-corrected chi connectivity index (χ0v) is 10.4. The van der Waals surface area contributed by atoms with Crippen LogP contribution in [0.3, 0.4) is 0 Å². The SMILES string of the molecule is COCCOCOC(C)C#CC[C@H](F)CCl. The van der Waals surface area contributed by atoms with E-state index >= 15 is 0 Å². The second kappa shape index (κ2) is 11.2. The van der Waals surface area contributed by atoms with Gasteiger partial charge >= 0.3 is 0 Å². The lowest BCUT2D eigenvalue weighted by Gasteiger charge is -2.07. The largest absolute Gasteiger partial charge is 0.382 e. The molecular weight excluding hydrogens is 235 g/mol. The highest BCUT2D eigenvalue weighted by atomic mass is 35.5. The Labute approximate surface area is 101 Å². The van der Waals surface area contributed by atoms with Gasteiger partial charge in [-0.2, -0.15) is 0 Å². The van der Waals surface area contributed by atoms with Crippen LogP contribution in [0.2, 0.25) is 0 Å². The normalized spacial score (nSPS) is 14.0. The maximum absolute atomic E-state index is 12.7. The van der Waals surface area contributed by atoms with Gasteiger partial charge in [0.05, 0.1) is 19.1 Å². The molecule has 0 aliphatic heterocycles. The summed E-state index contributed by atoms with van der Waals surface area (Å²) in [4.78, 5) is 0. The molecule has 5 heteroatoms. The van der Waals surface area contributed by atoms with E-state index in [1.807, 2.05) is 0 Å². The fourth-order valence-electron chi connectivity index (χ4n) is 0.761. The average molecular weight is 253 g/mol. The van der Waals surface area contributed by atoms with Crippen molar-refractivity contribution in [3.63, 3.8) is 0 Å². The minimum absolute atomic E-state index is 0.0238. The van der Waals surface area contributed by atoms with E-state index in [0.29, 0.717) is 13.2 Å². The lowest BCUT2D eigenvalue weighted by Crippen LogP contribution is -2.11. The van der Waals surface area contributed by atoms with E-state index in [-0.39, 0.29) is 25.2 Å². The van der Waals surface area contributed by atoms with Crippen molar-refractivity contribution in [2.24, 2.45) is 0 Å². The molecule has 0 aliphatic carbocycles. The van der Waals surface area contributed by atoms with Crippen LogP contribution in [0, 0.1) is 11.8 Å². The molecule has 0 radical (unpaired) electrons. The first-order valence-electron chi connectivity index (χ1n) is 5.07. The zero-order valence-electron chi connectivity index (χ0n) is 9.67. The van der Waals surface area contributed by atoms with E-state index in [2.05, 4.69) is 11.8 Å². The predicted molar refractivity (Wildman–Crippen MR) is 61.3 cm³/mol. The predicted octanol–water partition coefficient (Wildman–Crippen LogP) is 1.98. The Bertz CT molecular complexity index is 215. The highest BCUT2D eigenvalue weighted by molar-refractivity contribution is 6.18. The van der Waals surface area contributed by atoms with E-state index in [9.17, 15) is 4.39 Å². The zero-order chi connectivity index (χ0) is 12.2. The minimum atomic E-state index is -1.07. The lowest BCUT2D eigenvalue weighted by molar-refractivity contribution is -0.0780. The van der Waals surface area contributed by atoms with Gasteiger partial charge in [0.2, 0.25) is 0 Å². The highest BCUT2D eigenvalue weighted by Gasteiger charge is 2.01. The van der Waals surface area contributed by atoms with Crippen LogP contribution in [0.4, 0.5) is 4.39 Å². The standard InChI is InChI=1S/C11H18ClFO3/c1-10(4-3-5-11(13)8-12)16-9-15-7-6-14-2/h10-11H,5-9H2,1-2H3/t10?,11-/m0/s1. The van der Waals surface area contributed by atoms with Gasteiger partial charge in [-0.1, -0.05) is 11.8 Å². The Morgan fingerprint density at radius 3 is 2.75 bits per heavy atom. The van der Waals surface area contributed by atoms with Crippen molar-refractivity contribution in [2.75, 3.05) is 33.0 Å². The summed E-state index contributed by atoms with van der Waals surface area (Å²) < 4.78 is 27.7. The summed E-state index contributed by atoms with van der Waals surface area (Å²) in [5.41, 5.74) is 0. The van der Waals surface area contributed by atoms with E-state index in [1.54, 1.807) is 14.0 Å². The van der Waals surface area contributed by atoms with E-state index in [4.69, 9.17) is 25.8 Å². The van der Waals surface area contributed by atoms with Crippen LogP contribution in [0.25, 0.3) is 0 Å². The fourth-order valence-corrected chi connectivity index (χ4v) is 0.870. The molecule has 0 aromatic rings. The van der Waals surface area contributed by atoms with Crippen LogP contribution in [0.1, 0.15) is 13.3 Å². The quantitative estimate of drug-likeness (QED) is 0.286. The van der Waals surface area contributed by atoms with E-state index in [0.717, 1.165) is 0 Å². The Morgan fingerprint density at radius 1 is 1.38 bits per heavy atom.